The number of rotatable bonds is 6. The standard InChI is InChI=1S/C16H25ClN4O2/c1-12-11-21(7-6-20(12)8-9-23-3)13(2)16(22)19-15-5-4-14(17)10-18-15/h4-5,10,12-13H,6-9,11H2,1-3H3,(H,18,19,22)/t12-,13+/m1/s1. The summed E-state index contributed by atoms with van der Waals surface area (Å²) >= 11 is 5.80. The molecule has 1 aromatic heterocycles. The molecule has 0 aliphatic carbocycles. The van der Waals surface area contributed by atoms with Crippen molar-refractivity contribution in [1.82, 2.24) is 14.8 Å². The number of anilines is 1. The number of pyridine rings is 1. The van der Waals surface area contributed by atoms with Gasteiger partial charge in [-0.15, -0.1) is 0 Å². The van der Waals surface area contributed by atoms with Crippen molar-refractivity contribution >= 4 is 23.3 Å². The number of nitrogens with zero attached hydrogens (tertiary/aromatic N) is 3. The Balaban J connectivity index is 1.86. The van der Waals surface area contributed by atoms with Gasteiger partial charge in [-0.3, -0.25) is 14.6 Å². The fourth-order valence-electron chi connectivity index (χ4n) is 2.76. The zero-order chi connectivity index (χ0) is 16.8. The topological polar surface area (TPSA) is 57.7 Å². The number of halogens is 1. The van der Waals surface area contributed by atoms with E-state index < -0.39 is 0 Å². The van der Waals surface area contributed by atoms with E-state index in [-0.39, 0.29) is 11.9 Å². The lowest BCUT2D eigenvalue weighted by molar-refractivity contribution is -0.121. The van der Waals surface area contributed by atoms with E-state index in [9.17, 15) is 4.79 Å². The molecule has 1 amide bonds. The maximum atomic E-state index is 12.4. The molecule has 1 N–H and O–H groups in total. The van der Waals surface area contributed by atoms with Crippen LogP contribution in [0.4, 0.5) is 5.82 Å². The van der Waals surface area contributed by atoms with E-state index in [1.165, 1.54) is 6.20 Å². The highest BCUT2D eigenvalue weighted by Crippen LogP contribution is 2.14. The van der Waals surface area contributed by atoms with Crippen LogP contribution in [-0.2, 0) is 9.53 Å². The molecule has 2 atom stereocenters. The van der Waals surface area contributed by atoms with E-state index >= 15 is 0 Å². The molecule has 2 rings (SSSR count). The molecule has 1 saturated heterocycles. The van der Waals surface area contributed by atoms with Crippen LogP contribution < -0.4 is 5.32 Å². The van der Waals surface area contributed by atoms with E-state index in [1.807, 2.05) is 6.92 Å². The van der Waals surface area contributed by atoms with Gasteiger partial charge in [0.05, 0.1) is 17.7 Å². The van der Waals surface area contributed by atoms with Crippen LogP contribution in [0.3, 0.4) is 0 Å². The molecule has 1 fully saturated rings. The van der Waals surface area contributed by atoms with Gasteiger partial charge in [-0.1, -0.05) is 11.6 Å². The smallest absolute Gasteiger partial charge is 0.242 e. The minimum Gasteiger partial charge on any atom is -0.383 e. The molecule has 0 spiro atoms. The summed E-state index contributed by atoms with van der Waals surface area (Å²) < 4.78 is 5.14. The largest absolute Gasteiger partial charge is 0.383 e. The van der Waals surface area contributed by atoms with Gasteiger partial charge in [-0.05, 0) is 26.0 Å². The summed E-state index contributed by atoms with van der Waals surface area (Å²) in [4.78, 5) is 21.1. The summed E-state index contributed by atoms with van der Waals surface area (Å²) in [5.41, 5.74) is 0. The Morgan fingerprint density at radius 2 is 2.30 bits per heavy atom. The van der Waals surface area contributed by atoms with Gasteiger partial charge in [0.25, 0.3) is 0 Å². The number of nitrogens with one attached hydrogen (secondary N) is 1. The maximum absolute atomic E-state index is 12.4. The Hall–Kier alpha value is -1.21. The Bertz CT molecular complexity index is 511. The zero-order valence-electron chi connectivity index (χ0n) is 14.0. The molecule has 0 aromatic carbocycles. The average molecular weight is 341 g/mol. The zero-order valence-corrected chi connectivity index (χ0v) is 14.7. The SMILES string of the molecule is COCCN1CCN([C@@H](C)C(=O)Nc2ccc(Cl)cn2)C[C@H]1C. The molecule has 0 unspecified atom stereocenters. The predicted octanol–water partition coefficient (Wildman–Crippen LogP) is 1.71. The van der Waals surface area contributed by atoms with Crippen molar-refractivity contribution in [2.24, 2.45) is 0 Å². The minimum atomic E-state index is -0.195. The van der Waals surface area contributed by atoms with Gasteiger partial charge in [-0.2, -0.15) is 0 Å². The van der Waals surface area contributed by atoms with Crippen LogP contribution >= 0.6 is 11.6 Å². The van der Waals surface area contributed by atoms with Crippen LogP contribution in [0.5, 0.6) is 0 Å². The second kappa shape index (κ2) is 8.59. The summed E-state index contributed by atoms with van der Waals surface area (Å²) in [5.74, 6) is 0.482. The van der Waals surface area contributed by atoms with Gasteiger partial charge < -0.3 is 10.1 Å². The second-order valence-corrected chi connectivity index (χ2v) is 6.34. The molecule has 0 bridgehead atoms. The van der Waals surface area contributed by atoms with Gasteiger partial charge in [0, 0.05) is 45.5 Å². The Kier molecular flexibility index (Phi) is 6.77. The van der Waals surface area contributed by atoms with E-state index in [0.717, 1.165) is 32.8 Å². The fraction of sp³-hybridized carbons (Fsp3) is 0.625. The minimum absolute atomic E-state index is 0.0441. The molecule has 2 heterocycles. The maximum Gasteiger partial charge on any atom is 0.242 e. The number of hydrogen-bond donors (Lipinski definition) is 1. The Morgan fingerprint density at radius 1 is 1.52 bits per heavy atom. The molecule has 0 radical (unpaired) electrons. The van der Waals surface area contributed by atoms with E-state index in [4.69, 9.17) is 16.3 Å². The number of amides is 1. The first-order chi connectivity index (χ1) is 11.0. The number of carbonyl (C=O) groups excluding carboxylic acids is 1. The highest BCUT2D eigenvalue weighted by Gasteiger charge is 2.29. The molecule has 1 aromatic rings. The highest BCUT2D eigenvalue weighted by molar-refractivity contribution is 6.30. The van der Waals surface area contributed by atoms with E-state index in [2.05, 4.69) is 27.0 Å². The summed E-state index contributed by atoms with van der Waals surface area (Å²) in [6.45, 7) is 8.48. The second-order valence-electron chi connectivity index (χ2n) is 5.90. The molecule has 128 valence electrons. The van der Waals surface area contributed by atoms with Crippen molar-refractivity contribution in [3.8, 4) is 0 Å². The third-order valence-corrected chi connectivity index (χ3v) is 4.51. The number of hydrogen-bond acceptors (Lipinski definition) is 5. The van der Waals surface area contributed by atoms with Crippen LogP contribution in [0.25, 0.3) is 0 Å². The monoisotopic (exact) mass is 340 g/mol. The van der Waals surface area contributed by atoms with Crippen LogP contribution in [0.1, 0.15) is 13.8 Å². The molecule has 1 aliphatic rings. The molecule has 1 aliphatic heterocycles. The lowest BCUT2D eigenvalue weighted by atomic mass is 10.1. The molecular formula is C16H25ClN4O2. The number of methoxy groups -OCH3 is 1. The number of aromatic nitrogens is 1. The summed E-state index contributed by atoms with van der Waals surface area (Å²) in [5, 5.41) is 3.40. The normalized spacial score (nSPS) is 21.1. The lowest BCUT2D eigenvalue weighted by Crippen LogP contribution is -2.57. The molecule has 7 heteroatoms. The molecule has 23 heavy (non-hydrogen) atoms. The van der Waals surface area contributed by atoms with Crippen molar-refractivity contribution in [3.63, 3.8) is 0 Å². The Morgan fingerprint density at radius 3 is 2.91 bits per heavy atom. The van der Waals surface area contributed by atoms with Crippen LogP contribution in [0, 0.1) is 0 Å². The molecule has 6 nitrogen and oxygen atoms in total. The molecule has 0 saturated carbocycles. The third kappa shape index (κ3) is 5.14. The predicted molar refractivity (Wildman–Crippen MR) is 91.8 cm³/mol. The third-order valence-electron chi connectivity index (χ3n) is 4.28. The number of ether oxygens (including phenoxy) is 1. The van der Waals surface area contributed by atoms with Crippen molar-refractivity contribution in [2.75, 3.05) is 45.2 Å². The quantitative estimate of drug-likeness (QED) is 0.854. The summed E-state index contributed by atoms with van der Waals surface area (Å²) in [6.07, 6.45) is 1.53. The first-order valence-electron chi connectivity index (χ1n) is 7.90. The fourth-order valence-corrected chi connectivity index (χ4v) is 2.87. The summed E-state index contributed by atoms with van der Waals surface area (Å²) in [6, 6.07) is 3.63. The van der Waals surface area contributed by atoms with Crippen LogP contribution in [0.2, 0.25) is 5.02 Å². The van der Waals surface area contributed by atoms with Gasteiger partial charge >= 0.3 is 0 Å². The van der Waals surface area contributed by atoms with Crippen molar-refractivity contribution in [2.45, 2.75) is 25.9 Å². The Labute approximate surface area is 142 Å². The van der Waals surface area contributed by atoms with E-state index in [1.54, 1.807) is 19.2 Å². The lowest BCUT2D eigenvalue weighted by Gasteiger charge is -2.41. The van der Waals surface area contributed by atoms with Gasteiger partial charge in [0.2, 0.25) is 5.91 Å². The number of carbonyl (C=O) groups is 1. The van der Waals surface area contributed by atoms with Gasteiger partial charge in [-0.25, -0.2) is 4.98 Å². The van der Waals surface area contributed by atoms with Crippen LogP contribution in [-0.4, -0.2) is 72.7 Å². The van der Waals surface area contributed by atoms with E-state index in [0.29, 0.717) is 16.9 Å². The van der Waals surface area contributed by atoms with Crippen molar-refractivity contribution in [3.05, 3.63) is 23.4 Å². The highest BCUT2D eigenvalue weighted by atomic mass is 35.5. The van der Waals surface area contributed by atoms with Gasteiger partial charge in [0.1, 0.15) is 5.82 Å². The molecular weight excluding hydrogens is 316 g/mol. The summed E-state index contributed by atoms with van der Waals surface area (Å²) in [7, 11) is 1.72. The van der Waals surface area contributed by atoms with Crippen molar-refractivity contribution in [1.29, 1.82) is 0 Å². The first-order valence-corrected chi connectivity index (χ1v) is 8.28. The van der Waals surface area contributed by atoms with Crippen LogP contribution in [0.15, 0.2) is 18.3 Å². The van der Waals surface area contributed by atoms with Crippen molar-refractivity contribution < 1.29 is 9.53 Å². The first kappa shape index (κ1) is 18.1. The number of piperazine rings is 1. The van der Waals surface area contributed by atoms with Gasteiger partial charge in [0.15, 0.2) is 0 Å². The average Bonchev–Trinajstić information content (AvgIpc) is 2.55.